The molecule has 2 saturated heterocycles. The van der Waals surface area contributed by atoms with Crippen molar-refractivity contribution in [1.29, 1.82) is 0 Å². The highest BCUT2D eigenvalue weighted by Crippen LogP contribution is 2.31. The number of halogens is 2. The fraction of sp³-hybridized carbons (Fsp3) is 0.407. The maximum atomic E-state index is 11.1. The quantitative estimate of drug-likeness (QED) is 0.407. The van der Waals surface area contributed by atoms with Crippen LogP contribution in [0.2, 0.25) is 10.0 Å². The highest BCUT2D eigenvalue weighted by atomic mass is 35.5. The summed E-state index contributed by atoms with van der Waals surface area (Å²) >= 11 is 12.5. The Kier molecular flexibility index (Phi) is 8.58. The van der Waals surface area contributed by atoms with Gasteiger partial charge in [0.1, 0.15) is 5.82 Å². The predicted molar refractivity (Wildman–Crippen MR) is 147 cm³/mol. The summed E-state index contributed by atoms with van der Waals surface area (Å²) in [5.74, 6) is 1.08. The largest absolute Gasteiger partial charge is 0.481 e. The minimum Gasteiger partial charge on any atom is -0.481 e. The Bertz CT molecular complexity index is 1240. The van der Waals surface area contributed by atoms with Gasteiger partial charge in [-0.1, -0.05) is 23.2 Å². The Labute approximate surface area is 231 Å². The first-order valence-electron chi connectivity index (χ1n) is 12.8. The molecule has 200 valence electrons. The zero-order chi connectivity index (χ0) is 26.5. The molecule has 0 aliphatic carbocycles. The molecule has 9 nitrogen and oxygen atoms in total. The molecule has 0 radical (unpaired) electrons. The van der Waals surface area contributed by atoms with E-state index in [1.54, 1.807) is 18.5 Å². The number of aliphatic carboxylic acids is 1. The summed E-state index contributed by atoms with van der Waals surface area (Å²) in [6, 6.07) is 9.25. The fourth-order valence-corrected chi connectivity index (χ4v) is 5.46. The number of likely N-dealkylation sites (tertiary alicyclic amines) is 1. The van der Waals surface area contributed by atoms with Crippen molar-refractivity contribution in [2.75, 3.05) is 44.2 Å². The molecule has 0 atom stereocenters. The van der Waals surface area contributed by atoms with Crippen molar-refractivity contribution in [2.24, 2.45) is 5.92 Å². The van der Waals surface area contributed by atoms with Gasteiger partial charge >= 0.3 is 5.97 Å². The number of benzene rings is 1. The van der Waals surface area contributed by atoms with E-state index in [1.807, 2.05) is 24.3 Å². The van der Waals surface area contributed by atoms with Crippen LogP contribution >= 0.6 is 23.2 Å². The molecule has 2 fully saturated rings. The predicted octanol–water partition coefficient (Wildman–Crippen LogP) is 4.73. The van der Waals surface area contributed by atoms with E-state index in [2.05, 4.69) is 25.1 Å². The first kappa shape index (κ1) is 26.6. The molecular weight excluding hydrogens is 527 g/mol. The number of carbonyl (C=O) groups is 1. The molecule has 38 heavy (non-hydrogen) atoms. The highest BCUT2D eigenvalue weighted by molar-refractivity contribution is 6.35. The van der Waals surface area contributed by atoms with Gasteiger partial charge < -0.3 is 20.1 Å². The number of pyridine rings is 1. The summed E-state index contributed by atoms with van der Waals surface area (Å²) in [7, 11) is 0. The van der Waals surface area contributed by atoms with E-state index in [9.17, 15) is 4.79 Å². The Morgan fingerprint density at radius 2 is 1.71 bits per heavy atom. The van der Waals surface area contributed by atoms with E-state index < -0.39 is 5.97 Å². The second kappa shape index (κ2) is 12.3. The number of ether oxygens (including phenoxy) is 1. The van der Waals surface area contributed by atoms with Gasteiger partial charge in [-0.05, 0) is 61.7 Å². The molecule has 0 unspecified atom stereocenters. The number of piperazine rings is 1. The van der Waals surface area contributed by atoms with Crippen LogP contribution in [-0.4, -0.2) is 70.2 Å². The van der Waals surface area contributed by atoms with Gasteiger partial charge in [-0.15, -0.1) is 0 Å². The molecule has 2 aromatic heterocycles. The Morgan fingerprint density at radius 1 is 0.974 bits per heavy atom. The Hall–Kier alpha value is -2.98. The lowest BCUT2D eigenvalue weighted by atomic mass is 9.93. The number of nitrogens with one attached hydrogen (secondary N) is 1. The molecule has 0 bridgehead atoms. The Morgan fingerprint density at radius 3 is 2.37 bits per heavy atom. The third-order valence-corrected chi connectivity index (χ3v) is 7.30. The molecule has 2 aliphatic rings. The first-order chi connectivity index (χ1) is 18.4. The number of hydrogen-bond acceptors (Lipinski definition) is 8. The lowest BCUT2D eigenvalue weighted by Crippen LogP contribution is -2.43. The maximum Gasteiger partial charge on any atom is 0.303 e. The average molecular weight is 557 g/mol. The van der Waals surface area contributed by atoms with Crippen LogP contribution in [0.1, 0.15) is 24.8 Å². The van der Waals surface area contributed by atoms with Crippen molar-refractivity contribution in [2.45, 2.75) is 25.8 Å². The summed E-state index contributed by atoms with van der Waals surface area (Å²) in [5.41, 5.74) is 2.49. The Balaban J connectivity index is 1.36. The van der Waals surface area contributed by atoms with Gasteiger partial charge in [0, 0.05) is 60.8 Å². The highest BCUT2D eigenvalue weighted by Gasteiger charge is 2.22. The molecule has 2 N–H and O–H groups in total. The van der Waals surface area contributed by atoms with Crippen molar-refractivity contribution in [3.05, 3.63) is 58.3 Å². The van der Waals surface area contributed by atoms with Crippen molar-refractivity contribution < 1.29 is 14.6 Å². The molecule has 11 heteroatoms. The van der Waals surface area contributed by atoms with Crippen LogP contribution in [0.4, 0.5) is 5.82 Å². The van der Waals surface area contributed by atoms with Crippen LogP contribution in [0.3, 0.4) is 0 Å². The van der Waals surface area contributed by atoms with Gasteiger partial charge in [0.25, 0.3) is 0 Å². The van der Waals surface area contributed by atoms with E-state index >= 15 is 0 Å². The number of aromatic nitrogens is 3. The van der Waals surface area contributed by atoms with Gasteiger partial charge in [0.05, 0.1) is 18.1 Å². The maximum absolute atomic E-state index is 11.1. The number of carboxylic acid groups (broad SMARTS) is 1. The fourth-order valence-electron chi connectivity index (χ4n) is 4.93. The number of hydrogen-bond donors (Lipinski definition) is 2. The van der Waals surface area contributed by atoms with E-state index in [-0.39, 0.29) is 12.3 Å². The molecule has 4 heterocycles. The van der Waals surface area contributed by atoms with Crippen LogP contribution in [0.15, 0.2) is 42.7 Å². The van der Waals surface area contributed by atoms with Gasteiger partial charge in [0.2, 0.25) is 11.8 Å². The second-order valence-corrected chi connectivity index (χ2v) is 10.6. The number of rotatable bonds is 8. The molecule has 1 aromatic carbocycles. The van der Waals surface area contributed by atoms with E-state index in [0.717, 1.165) is 69.1 Å². The van der Waals surface area contributed by atoms with Crippen molar-refractivity contribution in [1.82, 2.24) is 25.2 Å². The normalized spacial score (nSPS) is 16.9. The summed E-state index contributed by atoms with van der Waals surface area (Å²) in [4.78, 5) is 29.3. The van der Waals surface area contributed by atoms with E-state index in [1.165, 1.54) is 0 Å². The molecular formula is C27H30Cl2N6O3. The lowest BCUT2D eigenvalue weighted by Gasteiger charge is -2.31. The number of nitrogens with zero attached hydrogens (tertiary/aromatic N) is 5. The molecule has 3 aromatic rings. The standard InChI is InChI=1S/C27H30Cl2N6O3/c28-21-12-20(13-22(29)14-21)23-9-19(17-34-5-1-18(2-6-34)11-27(36)37)10-25(33-23)38-26-16-31-24(15-32-26)35-7-3-30-4-8-35/h9-10,12-16,18,30H,1-8,11,17H2,(H,36,37). The summed E-state index contributed by atoms with van der Waals surface area (Å²) < 4.78 is 6.07. The van der Waals surface area contributed by atoms with Crippen LogP contribution in [0, 0.1) is 5.92 Å². The minimum atomic E-state index is -0.728. The van der Waals surface area contributed by atoms with Crippen molar-refractivity contribution in [3.8, 4) is 23.0 Å². The van der Waals surface area contributed by atoms with Crippen LogP contribution in [-0.2, 0) is 11.3 Å². The molecule has 0 saturated carbocycles. The molecule has 5 rings (SSSR count). The van der Waals surface area contributed by atoms with E-state index in [0.29, 0.717) is 34.0 Å². The zero-order valence-electron chi connectivity index (χ0n) is 20.9. The third-order valence-electron chi connectivity index (χ3n) is 6.86. The van der Waals surface area contributed by atoms with E-state index in [4.69, 9.17) is 38.0 Å². The summed E-state index contributed by atoms with van der Waals surface area (Å²) in [6.07, 6.45) is 5.31. The number of anilines is 1. The molecule has 2 aliphatic heterocycles. The van der Waals surface area contributed by atoms with Crippen LogP contribution < -0.4 is 15.0 Å². The lowest BCUT2D eigenvalue weighted by molar-refractivity contribution is -0.138. The minimum absolute atomic E-state index is 0.229. The van der Waals surface area contributed by atoms with Gasteiger partial charge in [-0.2, -0.15) is 0 Å². The average Bonchev–Trinajstić information content (AvgIpc) is 2.90. The molecule has 0 spiro atoms. The number of carboxylic acids is 1. The number of piperidine rings is 1. The summed E-state index contributed by atoms with van der Waals surface area (Å²) in [6.45, 7) is 5.98. The third kappa shape index (κ3) is 7.11. The second-order valence-electron chi connectivity index (χ2n) is 9.73. The topological polar surface area (TPSA) is 104 Å². The zero-order valence-corrected chi connectivity index (χ0v) is 22.5. The van der Waals surface area contributed by atoms with Crippen molar-refractivity contribution in [3.63, 3.8) is 0 Å². The van der Waals surface area contributed by atoms with Crippen LogP contribution in [0.25, 0.3) is 11.3 Å². The SMILES string of the molecule is O=C(O)CC1CCN(Cc2cc(Oc3cnc(N4CCNCC4)cn3)nc(-c3cc(Cl)cc(Cl)c3)c2)CC1. The van der Waals surface area contributed by atoms with Gasteiger partial charge in [-0.3, -0.25) is 9.69 Å². The van der Waals surface area contributed by atoms with Crippen molar-refractivity contribution >= 4 is 35.0 Å². The first-order valence-corrected chi connectivity index (χ1v) is 13.5. The monoisotopic (exact) mass is 556 g/mol. The van der Waals surface area contributed by atoms with Gasteiger partial charge in [-0.25, -0.2) is 15.0 Å². The molecule has 0 amide bonds. The smallest absolute Gasteiger partial charge is 0.303 e. The van der Waals surface area contributed by atoms with Crippen LogP contribution in [0.5, 0.6) is 11.8 Å². The van der Waals surface area contributed by atoms with Gasteiger partial charge in [0.15, 0.2) is 0 Å². The summed E-state index contributed by atoms with van der Waals surface area (Å²) in [5, 5.41) is 13.5.